The van der Waals surface area contributed by atoms with E-state index in [0.717, 1.165) is 0 Å². The molecule has 2 aliphatic rings. The van der Waals surface area contributed by atoms with Crippen LogP contribution in [-0.2, 0) is 22.1 Å². The van der Waals surface area contributed by atoms with Gasteiger partial charge in [0.15, 0.2) is 5.79 Å². The van der Waals surface area contributed by atoms with Gasteiger partial charge in [0.05, 0.1) is 12.7 Å². The van der Waals surface area contributed by atoms with Gasteiger partial charge in [-0.15, -0.1) is 0 Å². The normalized spacial score (nSPS) is 31.6. The van der Waals surface area contributed by atoms with Gasteiger partial charge < -0.3 is 9.47 Å². The molecule has 7 heteroatoms. The van der Waals surface area contributed by atoms with Crippen LogP contribution in [0.25, 0.3) is 0 Å². The molecule has 16 heavy (non-hydrogen) atoms. The smallest absolute Gasteiger partial charge is 0.282 e. The maximum Gasteiger partial charge on any atom is 0.282 e. The van der Waals surface area contributed by atoms with Crippen molar-refractivity contribution in [2.75, 3.05) is 6.61 Å². The predicted octanol–water partition coefficient (Wildman–Crippen LogP) is 1.76. The monoisotopic (exact) mass is 362 g/mol. The molecule has 1 aliphatic heterocycles. The van der Waals surface area contributed by atoms with Gasteiger partial charge in [0.2, 0.25) is 0 Å². The molecule has 0 N–H and O–H groups in total. The van der Waals surface area contributed by atoms with Crippen LogP contribution in [-0.4, -0.2) is 31.7 Å². The standard InChI is InChI=1S/C9H15IO5S/c1-8(2)13-6-7(14-8)5-9(3-4-9)16(11,12)15-10/h7H,3-6H2,1-2H3/t7-/m0/s1. The molecule has 2 rings (SSSR count). The third-order valence-corrected chi connectivity index (χ3v) is 6.31. The fourth-order valence-corrected chi connectivity index (χ4v) is 4.31. The highest BCUT2D eigenvalue weighted by Crippen LogP contribution is 2.50. The highest BCUT2D eigenvalue weighted by molar-refractivity contribution is 14.1. The van der Waals surface area contributed by atoms with Crippen molar-refractivity contribution < 1.29 is 20.4 Å². The van der Waals surface area contributed by atoms with Crippen LogP contribution in [0, 0.1) is 0 Å². The predicted molar refractivity (Wildman–Crippen MR) is 65.5 cm³/mol. The van der Waals surface area contributed by atoms with Gasteiger partial charge in [0, 0.05) is 0 Å². The Morgan fingerprint density at radius 2 is 2.06 bits per heavy atom. The minimum Gasteiger partial charge on any atom is -0.348 e. The van der Waals surface area contributed by atoms with E-state index in [1.54, 1.807) is 0 Å². The van der Waals surface area contributed by atoms with Crippen LogP contribution in [0.5, 0.6) is 0 Å². The maximum atomic E-state index is 11.7. The summed E-state index contributed by atoms with van der Waals surface area (Å²) in [5.41, 5.74) is 0. The summed E-state index contributed by atoms with van der Waals surface area (Å²) in [6.07, 6.45) is 1.61. The van der Waals surface area contributed by atoms with Crippen LogP contribution < -0.4 is 0 Å². The van der Waals surface area contributed by atoms with Gasteiger partial charge in [-0.25, -0.2) is 0 Å². The number of hydrogen-bond acceptors (Lipinski definition) is 5. The third kappa shape index (κ3) is 2.38. The lowest BCUT2D eigenvalue weighted by Crippen LogP contribution is -2.30. The Morgan fingerprint density at radius 3 is 2.44 bits per heavy atom. The number of rotatable bonds is 4. The molecule has 0 unspecified atom stereocenters. The molecule has 0 amide bonds. The molecule has 0 aromatic heterocycles. The van der Waals surface area contributed by atoms with Crippen LogP contribution in [0.3, 0.4) is 0 Å². The van der Waals surface area contributed by atoms with Crippen molar-refractivity contribution in [2.24, 2.45) is 0 Å². The Labute approximate surface area is 110 Å². The Bertz CT molecular complexity index is 373. The average Bonchev–Trinajstić information content (AvgIpc) is 2.88. The van der Waals surface area contributed by atoms with E-state index in [1.807, 2.05) is 13.8 Å². The lowest BCUT2D eigenvalue weighted by Gasteiger charge is -2.20. The zero-order valence-corrected chi connectivity index (χ0v) is 12.2. The molecule has 1 aliphatic carbocycles. The lowest BCUT2D eigenvalue weighted by molar-refractivity contribution is -0.139. The van der Waals surface area contributed by atoms with Gasteiger partial charge in [0.25, 0.3) is 10.1 Å². The zero-order valence-electron chi connectivity index (χ0n) is 9.23. The summed E-state index contributed by atoms with van der Waals surface area (Å²) in [7, 11) is -3.46. The molecule has 0 radical (unpaired) electrons. The second-order valence-electron chi connectivity index (χ2n) is 4.85. The van der Waals surface area contributed by atoms with E-state index in [2.05, 4.69) is 2.51 Å². The van der Waals surface area contributed by atoms with Crippen molar-refractivity contribution in [3.05, 3.63) is 0 Å². The van der Waals surface area contributed by atoms with E-state index in [4.69, 9.17) is 9.47 Å². The molecule has 0 aromatic carbocycles. The average molecular weight is 362 g/mol. The summed E-state index contributed by atoms with van der Waals surface area (Å²) in [5.74, 6) is -0.601. The van der Waals surface area contributed by atoms with Crippen LogP contribution in [0.4, 0.5) is 0 Å². The van der Waals surface area contributed by atoms with Crippen LogP contribution >= 0.6 is 23.0 Å². The van der Waals surface area contributed by atoms with Crippen molar-refractivity contribution in [1.82, 2.24) is 0 Å². The van der Waals surface area contributed by atoms with Gasteiger partial charge >= 0.3 is 0 Å². The van der Waals surface area contributed by atoms with E-state index < -0.39 is 20.7 Å². The molecular weight excluding hydrogens is 347 g/mol. The third-order valence-electron chi connectivity index (χ3n) is 3.09. The van der Waals surface area contributed by atoms with E-state index >= 15 is 0 Å². The molecular formula is C9H15IO5S. The van der Waals surface area contributed by atoms with Crippen molar-refractivity contribution in [1.29, 1.82) is 0 Å². The summed E-state index contributed by atoms with van der Waals surface area (Å²) < 4.78 is 38.3. The van der Waals surface area contributed by atoms with Gasteiger partial charge in [-0.1, -0.05) is 0 Å². The summed E-state index contributed by atoms with van der Waals surface area (Å²) in [4.78, 5) is 0. The fourth-order valence-electron chi connectivity index (χ4n) is 2.04. The van der Waals surface area contributed by atoms with Crippen LogP contribution in [0.2, 0.25) is 0 Å². The highest BCUT2D eigenvalue weighted by atomic mass is 127. The van der Waals surface area contributed by atoms with Crippen molar-refractivity contribution in [3.63, 3.8) is 0 Å². The number of ether oxygens (including phenoxy) is 2. The second-order valence-corrected chi connectivity index (χ2v) is 7.83. The van der Waals surface area contributed by atoms with Crippen LogP contribution in [0.15, 0.2) is 0 Å². The SMILES string of the molecule is CC1(C)OC[C@H](CC2(S(=O)(=O)OI)CC2)O1. The topological polar surface area (TPSA) is 61.8 Å². The van der Waals surface area contributed by atoms with Gasteiger partial charge in [-0.2, -0.15) is 10.9 Å². The zero-order chi connectivity index (χ0) is 12.0. The largest absolute Gasteiger partial charge is 0.348 e. The van der Waals surface area contributed by atoms with Crippen molar-refractivity contribution >= 4 is 33.1 Å². The van der Waals surface area contributed by atoms with Crippen molar-refractivity contribution in [3.8, 4) is 0 Å². The van der Waals surface area contributed by atoms with E-state index in [9.17, 15) is 8.42 Å². The Balaban J connectivity index is 2.01. The minimum atomic E-state index is -3.46. The summed E-state index contributed by atoms with van der Waals surface area (Å²) in [6.45, 7) is 4.11. The summed E-state index contributed by atoms with van der Waals surface area (Å²) in [6, 6.07) is 0. The van der Waals surface area contributed by atoms with Gasteiger partial charge in [0.1, 0.15) is 27.8 Å². The Morgan fingerprint density at radius 1 is 1.44 bits per heavy atom. The first-order valence-corrected chi connectivity index (χ1v) is 7.46. The summed E-state index contributed by atoms with van der Waals surface area (Å²) in [5, 5.41) is 0. The number of halogens is 1. The molecule has 94 valence electrons. The van der Waals surface area contributed by atoms with E-state index in [-0.39, 0.29) is 6.10 Å². The highest BCUT2D eigenvalue weighted by Gasteiger charge is 2.57. The molecule has 0 aromatic rings. The first-order valence-electron chi connectivity index (χ1n) is 5.17. The molecule has 2 fully saturated rings. The first-order chi connectivity index (χ1) is 7.30. The van der Waals surface area contributed by atoms with Crippen molar-refractivity contribution in [2.45, 2.75) is 49.7 Å². The van der Waals surface area contributed by atoms with Crippen LogP contribution in [0.1, 0.15) is 33.1 Å². The Kier molecular flexibility index (Phi) is 3.29. The Hall–Kier alpha value is 0.560. The maximum absolute atomic E-state index is 11.7. The quantitative estimate of drug-likeness (QED) is 0.714. The number of hydrogen-bond donors (Lipinski definition) is 0. The molecule has 1 heterocycles. The molecule has 5 nitrogen and oxygen atoms in total. The molecule has 0 spiro atoms. The van der Waals surface area contributed by atoms with E-state index in [0.29, 0.717) is 25.9 Å². The second kappa shape index (κ2) is 4.04. The molecule has 1 atom stereocenters. The van der Waals surface area contributed by atoms with Gasteiger partial charge in [-0.3, -0.25) is 0 Å². The molecule has 1 saturated carbocycles. The summed E-state index contributed by atoms with van der Waals surface area (Å²) >= 11 is 1.43. The first kappa shape index (κ1) is 13.0. The molecule has 1 saturated heterocycles. The fraction of sp³-hybridized carbons (Fsp3) is 1.00. The lowest BCUT2D eigenvalue weighted by atomic mass is 10.2. The van der Waals surface area contributed by atoms with E-state index in [1.165, 1.54) is 23.0 Å². The molecule has 0 bridgehead atoms. The van der Waals surface area contributed by atoms with Gasteiger partial charge in [-0.05, 0) is 33.1 Å². The minimum absolute atomic E-state index is 0.154.